The van der Waals surface area contributed by atoms with E-state index >= 15 is 0 Å². The zero-order valence-corrected chi connectivity index (χ0v) is 14.1. The molecule has 0 saturated heterocycles. The molecule has 132 valence electrons. The summed E-state index contributed by atoms with van der Waals surface area (Å²) in [7, 11) is 0. The summed E-state index contributed by atoms with van der Waals surface area (Å²) in [6, 6.07) is 4.57. The van der Waals surface area contributed by atoms with Crippen molar-refractivity contribution in [3.05, 3.63) is 47.0 Å². The Labute approximate surface area is 145 Å². The summed E-state index contributed by atoms with van der Waals surface area (Å²) in [5, 5.41) is 12.0. The minimum atomic E-state index is -0.608. The summed E-state index contributed by atoms with van der Waals surface area (Å²) in [5.41, 5.74) is 0.894. The normalized spacial score (nSPS) is 15.0. The zero-order chi connectivity index (χ0) is 17.8. The fourth-order valence-corrected chi connectivity index (χ4v) is 3.16. The van der Waals surface area contributed by atoms with Gasteiger partial charge in [-0.1, -0.05) is 31.4 Å². The van der Waals surface area contributed by atoms with Gasteiger partial charge in [-0.15, -0.1) is 0 Å². The second kappa shape index (κ2) is 7.46. The molecular weight excluding hydrogens is 323 g/mol. The number of anilines is 1. The molecule has 0 radical (unpaired) electrons. The van der Waals surface area contributed by atoms with Crippen LogP contribution in [0.1, 0.15) is 58.5 Å². The number of carbonyl (C=O) groups is 2. The van der Waals surface area contributed by atoms with Crippen LogP contribution in [0.2, 0.25) is 0 Å². The van der Waals surface area contributed by atoms with Gasteiger partial charge in [-0.25, -0.2) is 4.39 Å². The molecule has 0 spiro atoms. The number of halogens is 1. The van der Waals surface area contributed by atoms with Crippen LogP contribution in [0.5, 0.6) is 0 Å². The average molecular weight is 344 g/mol. The number of amides is 2. The Balaban J connectivity index is 1.73. The summed E-state index contributed by atoms with van der Waals surface area (Å²) in [4.78, 5) is 24.8. The number of hydrogen-bond donors (Lipinski definition) is 3. The second-order valence-corrected chi connectivity index (χ2v) is 6.35. The third kappa shape index (κ3) is 3.87. The van der Waals surface area contributed by atoms with Gasteiger partial charge in [0.05, 0.1) is 17.4 Å². The first kappa shape index (κ1) is 17.1. The maximum Gasteiger partial charge on any atom is 0.271 e. The van der Waals surface area contributed by atoms with E-state index in [0.717, 1.165) is 25.7 Å². The third-order valence-electron chi connectivity index (χ3n) is 4.50. The molecule has 25 heavy (non-hydrogen) atoms. The average Bonchev–Trinajstić information content (AvgIpc) is 3.04. The van der Waals surface area contributed by atoms with Gasteiger partial charge in [-0.3, -0.25) is 14.7 Å². The Morgan fingerprint density at radius 1 is 1.20 bits per heavy atom. The van der Waals surface area contributed by atoms with Gasteiger partial charge in [-0.05, 0) is 31.4 Å². The summed E-state index contributed by atoms with van der Waals surface area (Å²) in [5.74, 6) is -1.53. The Kier molecular flexibility index (Phi) is 5.11. The van der Waals surface area contributed by atoms with E-state index < -0.39 is 11.7 Å². The van der Waals surface area contributed by atoms with Crippen LogP contribution in [0, 0.1) is 12.7 Å². The van der Waals surface area contributed by atoms with Crippen molar-refractivity contribution < 1.29 is 14.0 Å². The molecule has 3 rings (SSSR count). The molecule has 7 heteroatoms. The number of benzene rings is 1. The number of nitrogens with zero attached hydrogens (tertiary/aromatic N) is 1. The lowest BCUT2D eigenvalue weighted by molar-refractivity contribution is 0.0923. The van der Waals surface area contributed by atoms with Crippen LogP contribution in [-0.4, -0.2) is 28.1 Å². The Bertz CT molecular complexity index is 761. The van der Waals surface area contributed by atoms with Gasteiger partial charge in [0.1, 0.15) is 11.5 Å². The lowest BCUT2D eigenvalue weighted by atomic mass is 9.95. The topological polar surface area (TPSA) is 86.9 Å². The Morgan fingerprint density at radius 3 is 2.68 bits per heavy atom. The molecule has 1 heterocycles. The van der Waals surface area contributed by atoms with E-state index in [-0.39, 0.29) is 28.9 Å². The second-order valence-electron chi connectivity index (χ2n) is 6.35. The van der Waals surface area contributed by atoms with Crippen LogP contribution in [0.4, 0.5) is 10.1 Å². The van der Waals surface area contributed by atoms with E-state index in [1.54, 1.807) is 19.1 Å². The molecule has 1 aliphatic rings. The highest BCUT2D eigenvalue weighted by atomic mass is 19.1. The van der Waals surface area contributed by atoms with Crippen molar-refractivity contribution in [2.45, 2.75) is 45.1 Å². The molecule has 1 aliphatic carbocycles. The number of nitrogens with one attached hydrogen (secondary N) is 3. The number of aryl methyl sites for hydroxylation is 1. The van der Waals surface area contributed by atoms with Gasteiger partial charge in [0, 0.05) is 6.04 Å². The van der Waals surface area contributed by atoms with Crippen LogP contribution in [0.15, 0.2) is 24.4 Å². The first-order valence-corrected chi connectivity index (χ1v) is 8.47. The van der Waals surface area contributed by atoms with E-state index in [1.807, 2.05) is 0 Å². The molecule has 1 aromatic heterocycles. The van der Waals surface area contributed by atoms with E-state index in [2.05, 4.69) is 20.8 Å². The fourth-order valence-electron chi connectivity index (χ4n) is 3.16. The van der Waals surface area contributed by atoms with Gasteiger partial charge < -0.3 is 10.6 Å². The van der Waals surface area contributed by atoms with Crippen LogP contribution in [0.25, 0.3) is 0 Å². The fraction of sp³-hybridized carbons (Fsp3) is 0.389. The van der Waals surface area contributed by atoms with Crippen LogP contribution in [-0.2, 0) is 0 Å². The Morgan fingerprint density at radius 2 is 1.96 bits per heavy atom. The standard InChI is InChI=1S/C18H21FN4O2/c1-11-6-5-9-13(19)15(11)17(24)22-14-10-20-23-16(14)18(25)21-12-7-3-2-4-8-12/h5-6,9-10,12H,2-4,7-8H2,1H3,(H,20,23)(H,21,25)(H,22,24). The highest BCUT2D eigenvalue weighted by Gasteiger charge is 2.22. The molecule has 0 bridgehead atoms. The predicted octanol–water partition coefficient (Wildman–Crippen LogP) is 3.17. The van der Waals surface area contributed by atoms with E-state index in [1.165, 1.54) is 18.7 Å². The first-order valence-electron chi connectivity index (χ1n) is 8.47. The molecule has 0 atom stereocenters. The summed E-state index contributed by atoms with van der Waals surface area (Å²) in [6.07, 6.45) is 6.66. The maximum atomic E-state index is 13.9. The van der Waals surface area contributed by atoms with Crippen LogP contribution < -0.4 is 10.6 Å². The SMILES string of the molecule is Cc1cccc(F)c1C(=O)Nc1cn[nH]c1C(=O)NC1CCCCC1. The number of rotatable bonds is 4. The quantitative estimate of drug-likeness (QED) is 0.796. The van der Waals surface area contributed by atoms with Crippen molar-refractivity contribution in [3.8, 4) is 0 Å². The molecule has 2 aromatic rings. The van der Waals surface area contributed by atoms with E-state index in [4.69, 9.17) is 0 Å². The van der Waals surface area contributed by atoms with Gasteiger partial charge in [0.15, 0.2) is 0 Å². The molecule has 1 saturated carbocycles. The van der Waals surface area contributed by atoms with E-state index in [0.29, 0.717) is 5.56 Å². The Hall–Kier alpha value is -2.70. The molecule has 1 aromatic carbocycles. The molecule has 0 unspecified atom stereocenters. The van der Waals surface area contributed by atoms with E-state index in [9.17, 15) is 14.0 Å². The van der Waals surface area contributed by atoms with Gasteiger partial charge >= 0.3 is 0 Å². The molecule has 2 amide bonds. The summed E-state index contributed by atoms with van der Waals surface area (Å²) >= 11 is 0. The number of hydrogen-bond acceptors (Lipinski definition) is 3. The van der Waals surface area contributed by atoms with Gasteiger partial charge in [0.2, 0.25) is 0 Å². The van der Waals surface area contributed by atoms with Crippen molar-refractivity contribution in [1.29, 1.82) is 0 Å². The summed E-state index contributed by atoms with van der Waals surface area (Å²) in [6.45, 7) is 1.66. The highest BCUT2D eigenvalue weighted by Crippen LogP contribution is 2.20. The minimum absolute atomic E-state index is 0.0395. The zero-order valence-electron chi connectivity index (χ0n) is 14.1. The molecule has 0 aliphatic heterocycles. The lowest BCUT2D eigenvalue weighted by Crippen LogP contribution is -2.36. The third-order valence-corrected chi connectivity index (χ3v) is 4.50. The predicted molar refractivity (Wildman–Crippen MR) is 92.0 cm³/mol. The minimum Gasteiger partial charge on any atom is -0.348 e. The number of H-pyrrole nitrogens is 1. The van der Waals surface area contributed by atoms with Crippen LogP contribution >= 0.6 is 0 Å². The first-order chi connectivity index (χ1) is 12.1. The molecule has 3 N–H and O–H groups in total. The van der Waals surface area contributed by atoms with Crippen molar-refractivity contribution in [2.75, 3.05) is 5.32 Å². The molecule has 6 nitrogen and oxygen atoms in total. The largest absolute Gasteiger partial charge is 0.348 e. The van der Waals surface area contributed by atoms with Crippen molar-refractivity contribution in [2.24, 2.45) is 0 Å². The highest BCUT2D eigenvalue weighted by molar-refractivity contribution is 6.09. The smallest absolute Gasteiger partial charge is 0.271 e. The van der Waals surface area contributed by atoms with Crippen LogP contribution in [0.3, 0.4) is 0 Å². The molecular formula is C18H21FN4O2. The summed E-state index contributed by atoms with van der Waals surface area (Å²) < 4.78 is 13.9. The monoisotopic (exact) mass is 344 g/mol. The lowest BCUT2D eigenvalue weighted by Gasteiger charge is -2.22. The maximum absolute atomic E-state index is 13.9. The molecule has 1 fully saturated rings. The van der Waals surface area contributed by atoms with Crippen molar-refractivity contribution in [3.63, 3.8) is 0 Å². The number of aromatic amines is 1. The van der Waals surface area contributed by atoms with Crippen molar-refractivity contribution >= 4 is 17.5 Å². The van der Waals surface area contributed by atoms with Gasteiger partial charge in [0.25, 0.3) is 11.8 Å². The van der Waals surface area contributed by atoms with Crippen molar-refractivity contribution in [1.82, 2.24) is 15.5 Å². The number of aromatic nitrogens is 2. The number of carbonyl (C=O) groups excluding carboxylic acids is 2. The van der Waals surface area contributed by atoms with Gasteiger partial charge in [-0.2, -0.15) is 5.10 Å².